The van der Waals surface area contributed by atoms with Gasteiger partial charge in [0.15, 0.2) is 11.5 Å². The van der Waals surface area contributed by atoms with Gasteiger partial charge in [-0.3, -0.25) is 4.79 Å². The van der Waals surface area contributed by atoms with Crippen molar-refractivity contribution in [2.24, 2.45) is 5.92 Å². The van der Waals surface area contributed by atoms with E-state index in [0.717, 1.165) is 35.9 Å². The van der Waals surface area contributed by atoms with Crippen molar-refractivity contribution in [3.63, 3.8) is 0 Å². The number of ether oxygens (including phenoxy) is 1. The van der Waals surface area contributed by atoms with Crippen LogP contribution in [0.15, 0.2) is 21.4 Å². The van der Waals surface area contributed by atoms with Crippen molar-refractivity contribution in [2.75, 3.05) is 13.4 Å². The van der Waals surface area contributed by atoms with E-state index in [1.807, 2.05) is 0 Å². The first-order valence-corrected chi connectivity index (χ1v) is 12.4. The molecule has 0 saturated carbocycles. The molecule has 2 aromatic heterocycles. The molecule has 0 saturated heterocycles. The maximum Gasteiger partial charge on any atom is 0.306 e. The number of benzene rings is 1. The van der Waals surface area contributed by atoms with Gasteiger partial charge in [-0.2, -0.15) is 8.42 Å². The van der Waals surface area contributed by atoms with Gasteiger partial charge in [-0.05, 0) is 58.8 Å². The van der Waals surface area contributed by atoms with Crippen molar-refractivity contribution < 1.29 is 17.3 Å². The van der Waals surface area contributed by atoms with Crippen molar-refractivity contribution >= 4 is 47.6 Å². The van der Waals surface area contributed by atoms with Crippen molar-refractivity contribution in [3.8, 4) is 22.9 Å². The Hall–Kier alpha value is -1.91. The molecule has 4 rings (SSSR count). The molecule has 7 nitrogen and oxygen atoms in total. The van der Waals surface area contributed by atoms with Crippen LogP contribution in [0.4, 0.5) is 0 Å². The van der Waals surface area contributed by atoms with Gasteiger partial charge >= 0.3 is 10.1 Å². The van der Waals surface area contributed by atoms with E-state index in [0.29, 0.717) is 27.2 Å². The minimum atomic E-state index is -3.73. The van der Waals surface area contributed by atoms with E-state index in [-0.39, 0.29) is 17.1 Å². The first-order chi connectivity index (χ1) is 13.7. The predicted octanol–water partition coefficient (Wildman–Crippen LogP) is 3.89. The molecule has 3 aromatic rings. The summed E-state index contributed by atoms with van der Waals surface area (Å²) in [7, 11) is -2.32. The zero-order valence-corrected chi connectivity index (χ0v) is 19.3. The lowest BCUT2D eigenvalue weighted by molar-refractivity contribution is 0.390. The van der Waals surface area contributed by atoms with Crippen molar-refractivity contribution in [2.45, 2.75) is 26.2 Å². The molecule has 1 aliphatic rings. The van der Waals surface area contributed by atoms with Gasteiger partial charge in [0.2, 0.25) is 0 Å². The molecule has 0 amide bonds. The number of aromatic nitrogens is 2. The predicted molar refractivity (Wildman–Crippen MR) is 117 cm³/mol. The van der Waals surface area contributed by atoms with Crippen LogP contribution < -0.4 is 14.5 Å². The average Bonchev–Trinajstić information content (AvgIpc) is 2.99. The molecule has 0 radical (unpaired) electrons. The molecule has 1 unspecified atom stereocenters. The third-order valence-corrected chi connectivity index (χ3v) is 7.11. The smallest absolute Gasteiger partial charge is 0.306 e. The highest BCUT2D eigenvalue weighted by Gasteiger charge is 2.24. The molecule has 29 heavy (non-hydrogen) atoms. The Kier molecular flexibility index (Phi) is 5.20. The fraction of sp³-hybridized carbons (Fsp3) is 0.368. The standard InChI is InChI=1S/C19H19BrN2O5S2/c1-9-4-5-11-14(6-9)28-19-15(11)18(23)21-17(22-19)10-7-12(20)16(13(8-10)26-2)27-29(3,24)25/h7-9H,4-6H2,1-3H3,(H,21,22,23). The van der Waals surface area contributed by atoms with Gasteiger partial charge in [0, 0.05) is 10.4 Å². The van der Waals surface area contributed by atoms with Gasteiger partial charge in [0.1, 0.15) is 10.7 Å². The Morgan fingerprint density at radius 1 is 1.34 bits per heavy atom. The molecule has 0 fully saturated rings. The van der Waals surface area contributed by atoms with Crippen LogP contribution in [0.1, 0.15) is 23.8 Å². The topological polar surface area (TPSA) is 98.3 Å². The molecule has 154 valence electrons. The molecular weight excluding hydrogens is 480 g/mol. The Morgan fingerprint density at radius 2 is 2.10 bits per heavy atom. The fourth-order valence-corrected chi connectivity index (χ4v) is 6.06. The summed E-state index contributed by atoms with van der Waals surface area (Å²) in [6.45, 7) is 2.22. The highest BCUT2D eigenvalue weighted by atomic mass is 79.9. The lowest BCUT2D eigenvalue weighted by atomic mass is 9.89. The number of methoxy groups -OCH3 is 1. The van der Waals surface area contributed by atoms with Crippen LogP contribution in [0.5, 0.6) is 11.5 Å². The monoisotopic (exact) mass is 498 g/mol. The minimum Gasteiger partial charge on any atom is -0.493 e. The number of halogens is 1. The molecule has 2 heterocycles. The van der Waals surface area contributed by atoms with Crippen LogP contribution in [0, 0.1) is 5.92 Å². The van der Waals surface area contributed by atoms with Crippen molar-refractivity contribution in [1.82, 2.24) is 9.97 Å². The molecule has 0 aliphatic heterocycles. The lowest BCUT2D eigenvalue weighted by Crippen LogP contribution is -2.13. The zero-order chi connectivity index (χ0) is 20.9. The zero-order valence-electron chi connectivity index (χ0n) is 16.0. The third-order valence-electron chi connectivity index (χ3n) is 4.90. The van der Waals surface area contributed by atoms with Crippen molar-refractivity contribution in [1.29, 1.82) is 0 Å². The number of H-pyrrole nitrogens is 1. The second-order valence-corrected chi connectivity index (χ2v) is 10.7. The van der Waals surface area contributed by atoms with E-state index in [2.05, 4.69) is 32.8 Å². The molecule has 0 spiro atoms. The van der Waals surface area contributed by atoms with E-state index in [9.17, 15) is 13.2 Å². The second kappa shape index (κ2) is 7.41. The Balaban J connectivity index is 1.85. The summed E-state index contributed by atoms with van der Waals surface area (Å²) >= 11 is 4.90. The minimum absolute atomic E-state index is 0.0442. The summed E-state index contributed by atoms with van der Waals surface area (Å²) in [6.07, 6.45) is 3.91. The lowest BCUT2D eigenvalue weighted by Gasteiger charge is -2.17. The van der Waals surface area contributed by atoms with E-state index in [1.165, 1.54) is 12.0 Å². The number of hydrogen-bond donors (Lipinski definition) is 1. The molecule has 1 aromatic carbocycles. The van der Waals surface area contributed by atoms with Gasteiger partial charge in [-0.15, -0.1) is 11.3 Å². The number of nitrogens with zero attached hydrogens (tertiary/aromatic N) is 1. The van der Waals surface area contributed by atoms with E-state index >= 15 is 0 Å². The molecular formula is C19H19BrN2O5S2. The number of hydrogen-bond acceptors (Lipinski definition) is 7. The van der Waals surface area contributed by atoms with Gasteiger partial charge in [-0.1, -0.05) is 6.92 Å². The summed E-state index contributed by atoms with van der Waals surface area (Å²) in [5, 5.41) is 0.684. The molecule has 1 atom stereocenters. The summed E-state index contributed by atoms with van der Waals surface area (Å²) in [5.41, 5.74) is 1.54. The van der Waals surface area contributed by atoms with Gasteiger partial charge < -0.3 is 13.9 Å². The first-order valence-electron chi connectivity index (χ1n) is 8.98. The van der Waals surface area contributed by atoms with Gasteiger partial charge in [0.25, 0.3) is 5.56 Å². The van der Waals surface area contributed by atoms with Crippen LogP contribution in [-0.2, 0) is 23.0 Å². The largest absolute Gasteiger partial charge is 0.493 e. The Morgan fingerprint density at radius 3 is 2.79 bits per heavy atom. The number of rotatable bonds is 4. The number of fused-ring (bicyclic) bond motifs is 3. The highest BCUT2D eigenvalue weighted by molar-refractivity contribution is 9.10. The average molecular weight is 499 g/mol. The van der Waals surface area contributed by atoms with E-state index < -0.39 is 10.1 Å². The maximum atomic E-state index is 12.8. The summed E-state index contributed by atoms with van der Waals surface area (Å²) < 4.78 is 33.7. The second-order valence-electron chi connectivity index (χ2n) is 7.22. The number of thiophene rings is 1. The van der Waals surface area contributed by atoms with E-state index in [4.69, 9.17) is 8.92 Å². The van der Waals surface area contributed by atoms with Crippen LogP contribution in [0.3, 0.4) is 0 Å². The maximum absolute atomic E-state index is 12.8. The molecule has 10 heteroatoms. The van der Waals surface area contributed by atoms with Gasteiger partial charge in [0.05, 0.1) is 23.2 Å². The molecule has 0 bridgehead atoms. The van der Waals surface area contributed by atoms with Crippen LogP contribution in [-0.4, -0.2) is 31.8 Å². The Bertz CT molecular complexity index is 1280. The van der Waals surface area contributed by atoms with Crippen LogP contribution >= 0.6 is 27.3 Å². The Labute approximate surface area is 180 Å². The SMILES string of the molecule is COc1cc(-c2nc3sc4c(c3c(=O)[nH]2)CCC(C)C4)cc(Br)c1OS(C)(=O)=O. The highest BCUT2D eigenvalue weighted by Crippen LogP contribution is 2.40. The summed E-state index contributed by atoms with van der Waals surface area (Å²) in [4.78, 5) is 22.4. The summed E-state index contributed by atoms with van der Waals surface area (Å²) in [6, 6.07) is 3.23. The van der Waals surface area contributed by atoms with Gasteiger partial charge in [-0.25, -0.2) is 4.98 Å². The normalized spacial score (nSPS) is 16.6. The van der Waals surface area contributed by atoms with E-state index in [1.54, 1.807) is 23.5 Å². The number of nitrogens with one attached hydrogen (secondary N) is 1. The fourth-order valence-electron chi connectivity index (χ4n) is 3.57. The molecule has 1 aliphatic carbocycles. The molecule has 1 N–H and O–H groups in total. The quantitative estimate of drug-likeness (QED) is 0.547. The van der Waals surface area contributed by atoms with Crippen LogP contribution in [0.25, 0.3) is 21.6 Å². The first kappa shape index (κ1) is 20.4. The number of aryl methyl sites for hydroxylation is 1. The van der Waals surface area contributed by atoms with Crippen LogP contribution in [0.2, 0.25) is 0 Å². The van der Waals surface area contributed by atoms with Crippen molar-refractivity contribution in [3.05, 3.63) is 37.4 Å². The number of aromatic amines is 1. The summed E-state index contributed by atoms with van der Waals surface area (Å²) in [5.74, 6) is 1.25. The third kappa shape index (κ3) is 3.93.